The van der Waals surface area contributed by atoms with Crippen LogP contribution in [0.15, 0.2) is 0 Å². The van der Waals surface area contributed by atoms with Crippen molar-refractivity contribution in [2.24, 2.45) is 0 Å². The van der Waals surface area contributed by atoms with Crippen LogP contribution in [0.1, 0.15) is 13.8 Å². The molecular formula is C7H14ClNO2. The molecule has 0 aliphatic carbocycles. The van der Waals surface area contributed by atoms with Crippen molar-refractivity contribution >= 4 is 17.0 Å². The highest BCUT2D eigenvalue weighted by Crippen LogP contribution is 2.09. The first-order chi connectivity index (χ1) is 4.89. The minimum absolute atomic E-state index is 0.334. The van der Waals surface area contributed by atoms with E-state index in [-0.39, 0.29) is 5.60 Å². The topological polar surface area (TPSA) is 29.5 Å². The van der Waals surface area contributed by atoms with Crippen LogP contribution in [-0.4, -0.2) is 36.6 Å². The van der Waals surface area contributed by atoms with Gasteiger partial charge in [0.25, 0.3) is 0 Å². The van der Waals surface area contributed by atoms with Gasteiger partial charge < -0.3 is 9.64 Å². The van der Waals surface area contributed by atoms with Crippen molar-refractivity contribution in [3.05, 3.63) is 0 Å². The second-order valence-corrected chi connectivity index (χ2v) is 3.40. The van der Waals surface area contributed by atoms with Crippen molar-refractivity contribution in [1.82, 2.24) is 4.90 Å². The summed E-state index contributed by atoms with van der Waals surface area (Å²) in [6.07, 6.45) is 0. The number of ether oxygens (including phenoxy) is 1. The Balaban J connectivity index is 3.93. The zero-order chi connectivity index (χ0) is 9.07. The van der Waals surface area contributed by atoms with Crippen molar-refractivity contribution in [2.75, 3.05) is 20.7 Å². The molecule has 0 aromatic carbocycles. The van der Waals surface area contributed by atoms with Gasteiger partial charge in [-0.2, -0.15) is 0 Å². The zero-order valence-corrected chi connectivity index (χ0v) is 8.10. The molecule has 0 N–H and O–H groups in total. The third kappa shape index (κ3) is 4.22. The number of nitrogens with zero attached hydrogens (tertiary/aromatic N) is 1. The third-order valence-corrected chi connectivity index (χ3v) is 1.76. The van der Waals surface area contributed by atoms with Gasteiger partial charge in [-0.25, -0.2) is 0 Å². The van der Waals surface area contributed by atoms with Crippen molar-refractivity contribution < 1.29 is 9.53 Å². The van der Waals surface area contributed by atoms with E-state index in [1.54, 1.807) is 14.2 Å². The number of carbonyl (C=O) groups is 1. The van der Waals surface area contributed by atoms with Gasteiger partial charge in [-0.3, -0.25) is 4.79 Å². The van der Waals surface area contributed by atoms with Gasteiger partial charge >= 0.3 is 5.37 Å². The Bertz CT molecular complexity index is 147. The molecule has 0 spiro atoms. The van der Waals surface area contributed by atoms with E-state index in [2.05, 4.69) is 0 Å². The van der Waals surface area contributed by atoms with Crippen LogP contribution in [0.2, 0.25) is 0 Å². The van der Waals surface area contributed by atoms with Gasteiger partial charge in [-0.1, -0.05) is 0 Å². The molecule has 0 bridgehead atoms. The molecule has 3 nitrogen and oxygen atoms in total. The fourth-order valence-corrected chi connectivity index (χ4v) is 0.758. The van der Waals surface area contributed by atoms with Gasteiger partial charge in [-0.05, 0) is 25.4 Å². The minimum Gasteiger partial charge on any atom is -0.377 e. The van der Waals surface area contributed by atoms with E-state index in [4.69, 9.17) is 16.3 Å². The first-order valence-corrected chi connectivity index (χ1v) is 3.72. The second kappa shape index (κ2) is 3.93. The molecule has 0 saturated carbocycles. The molecule has 0 fully saturated rings. The maximum atomic E-state index is 10.6. The van der Waals surface area contributed by atoms with Gasteiger partial charge in [0, 0.05) is 20.7 Å². The molecular weight excluding hydrogens is 166 g/mol. The van der Waals surface area contributed by atoms with Gasteiger partial charge in [0.05, 0.1) is 5.60 Å². The van der Waals surface area contributed by atoms with Crippen LogP contribution in [0, 0.1) is 0 Å². The van der Waals surface area contributed by atoms with E-state index in [0.717, 1.165) is 0 Å². The van der Waals surface area contributed by atoms with Crippen LogP contribution in [0.5, 0.6) is 0 Å². The zero-order valence-electron chi connectivity index (χ0n) is 7.35. The van der Waals surface area contributed by atoms with Gasteiger partial charge in [0.1, 0.15) is 0 Å². The van der Waals surface area contributed by atoms with E-state index in [9.17, 15) is 4.79 Å². The summed E-state index contributed by atoms with van der Waals surface area (Å²) in [7, 11) is 3.24. The average molecular weight is 180 g/mol. The number of rotatable bonds is 3. The summed E-state index contributed by atoms with van der Waals surface area (Å²) in [6, 6.07) is 0. The molecule has 66 valence electrons. The quantitative estimate of drug-likeness (QED) is 0.488. The Labute approximate surface area is 72.3 Å². The number of likely N-dealkylation sites (N-methyl/N-ethyl adjacent to an activating group) is 1. The van der Waals surface area contributed by atoms with Crippen molar-refractivity contribution in [2.45, 2.75) is 19.4 Å². The fourth-order valence-electron chi connectivity index (χ4n) is 0.698. The summed E-state index contributed by atoms with van der Waals surface area (Å²) in [6.45, 7) is 4.28. The van der Waals surface area contributed by atoms with Gasteiger partial charge in [0.15, 0.2) is 0 Å². The molecule has 0 rings (SSSR count). The molecule has 0 aromatic rings. The summed E-state index contributed by atoms with van der Waals surface area (Å²) in [5.74, 6) is 0. The highest BCUT2D eigenvalue weighted by Gasteiger charge is 2.20. The minimum atomic E-state index is -0.463. The molecule has 11 heavy (non-hydrogen) atoms. The Morgan fingerprint density at radius 2 is 2.09 bits per heavy atom. The van der Waals surface area contributed by atoms with Crippen LogP contribution in [-0.2, 0) is 4.74 Å². The Kier molecular flexibility index (Phi) is 3.83. The number of carbonyl (C=O) groups excluding carboxylic acids is 1. The van der Waals surface area contributed by atoms with Gasteiger partial charge in [0.2, 0.25) is 0 Å². The van der Waals surface area contributed by atoms with Crippen LogP contribution >= 0.6 is 11.6 Å². The summed E-state index contributed by atoms with van der Waals surface area (Å²) in [5.41, 5.74) is -0.334. The molecule has 0 aliphatic rings. The number of amides is 1. The van der Waals surface area contributed by atoms with Crippen molar-refractivity contribution in [1.29, 1.82) is 0 Å². The lowest BCUT2D eigenvalue weighted by Gasteiger charge is -2.27. The Hall–Kier alpha value is -0.280. The molecule has 0 radical (unpaired) electrons. The van der Waals surface area contributed by atoms with Crippen LogP contribution in [0.25, 0.3) is 0 Å². The lowest BCUT2D eigenvalue weighted by Crippen LogP contribution is -2.39. The van der Waals surface area contributed by atoms with E-state index in [1.165, 1.54) is 4.90 Å². The van der Waals surface area contributed by atoms with Crippen molar-refractivity contribution in [3.8, 4) is 0 Å². The molecule has 0 heterocycles. The molecule has 0 atom stereocenters. The highest BCUT2D eigenvalue weighted by atomic mass is 35.5. The van der Waals surface area contributed by atoms with E-state index >= 15 is 0 Å². The molecule has 0 saturated heterocycles. The lowest BCUT2D eigenvalue weighted by atomic mass is 10.1. The second-order valence-electron chi connectivity index (χ2n) is 3.07. The lowest BCUT2D eigenvalue weighted by molar-refractivity contribution is 0.00701. The monoisotopic (exact) mass is 179 g/mol. The molecule has 0 aliphatic heterocycles. The third-order valence-electron chi connectivity index (χ3n) is 1.47. The first kappa shape index (κ1) is 10.7. The van der Waals surface area contributed by atoms with Crippen LogP contribution in [0.4, 0.5) is 4.79 Å². The van der Waals surface area contributed by atoms with Crippen LogP contribution < -0.4 is 0 Å². The standard InChI is InChI=1S/C7H14ClNO2/c1-7(2,11-4)5-9(3)6(8)10/h5H2,1-4H3. The summed E-state index contributed by atoms with van der Waals surface area (Å²) in [4.78, 5) is 12.0. The largest absolute Gasteiger partial charge is 0.377 e. The van der Waals surface area contributed by atoms with Crippen molar-refractivity contribution in [3.63, 3.8) is 0 Å². The summed E-state index contributed by atoms with van der Waals surface area (Å²) >= 11 is 5.22. The summed E-state index contributed by atoms with van der Waals surface area (Å²) in [5, 5.41) is -0.463. The maximum absolute atomic E-state index is 10.6. The SMILES string of the molecule is COC(C)(C)CN(C)C(=O)Cl. The number of hydrogen-bond donors (Lipinski definition) is 0. The van der Waals surface area contributed by atoms with E-state index in [0.29, 0.717) is 6.54 Å². The van der Waals surface area contributed by atoms with Gasteiger partial charge in [-0.15, -0.1) is 0 Å². The fraction of sp³-hybridized carbons (Fsp3) is 0.857. The summed E-state index contributed by atoms with van der Waals surface area (Å²) < 4.78 is 5.11. The Morgan fingerprint density at radius 3 is 2.36 bits per heavy atom. The van der Waals surface area contributed by atoms with E-state index in [1.807, 2.05) is 13.8 Å². The predicted octanol–water partition coefficient (Wildman–Crippen LogP) is 1.70. The first-order valence-electron chi connectivity index (χ1n) is 3.35. The normalized spacial score (nSPS) is 11.4. The number of methoxy groups -OCH3 is 1. The predicted molar refractivity (Wildman–Crippen MR) is 45.0 cm³/mol. The molecule has 1 amide bonds. The maximum Gasteiger partial charge on any atom is 0.316 e. The molecule has 0 aromatic heterocycles. The number of hydrogen-bond acceptors (Lipinski definition) is 2. The molecule has 0 unspecified atom stereocenters. The number of halogens is 1. The van der Waals surface area contributed by atoms with E-state index < -0.39 is 5.37 Å². The average Bonchev–Trinajstić information content (AvgIpc) is 1.87. The Morgan fingerprint density at radius 1 is 1.64 bits per heavy atom. The highest BCUT2D eigenvalue weighted by molar-refractivity contribution is 6.62. The van der Waals surface area contributed by atoms with Crippen LogP contribution in [0.3, 0.4) is 0 Å². The molecule has 4 heteroatoms. The smallest absolute Gasteiger partial charge is 0.316 e.